The van der Waals surface area contributed by atoms with Crippen LogP contribution in [0.4, 0.5) is 8.78 Å². The molecule has 2 N–H and O–H groups in total. The van der Waals surface area contributed by atoms with Crippen molar-refractivity contribution in [2.75, 3.05) is 0 Å². The summed E-state index contributed by atoms with van der Waals surface area (Å²) in [7, 11) is -4.09. The van der Waals surface area contributed by atoms with Gasteiger partial charge in [-0.05, 0) is 35.4 Å². The summed E-state index contributed by atoms with van der Waals surface area (Å²) in [5.41, 5.74) is 0.694. The predicted octanol–water partition coefficient (Wildman–Crippen LogP) is 1.94. The Morgan fingerprint density at radius 3 is 2.48 bits per heavy atom. The van der Waals surface area contributed by atoms with Gasteiger partial charge in [0, 0.05) is 6.54 Å². The van der Waals surface area contributed by atoms with E-state index in [0.717, 1.165) is 12.1 Å². The number of hydrogen-bond acceptors (Lipinski definition) is 3. The van der Waals surface area contributed by atoms with Gasteiger partial charge in [0.05, 0.1) is 6.61 Å². The van der Waals surface area contributed by atoms with Crippen LogP contribution in [-0.4, -0.2) is 13.5 Å². The van der Waals surface area contributed by atoms with Gasteiger partial charge in [-0.25, -0.2) is 21.9 Å². The highest BCUT2D eigenvalue weighted by atomic mass is 32.2. The van der Waals surface area contributed by atoms with E-state index in [1.165, 1.54) is 24.3 Å². The van der Waals surface area contributed by atoms with E-state index >= 15 is 0 Å². The van der Waals surface area contributed by atoms with Crippen molar-refractivity contribution in [3.63, 3.8) is 0 Å². The molecule has 0 bridgehead atoms. The second-order valence-electron chi connectivity index (χ2n) is 4.38. The molecule has 0 aliphatic heterocycles. The topological polar surface area (TPSA) is 66.4 Å². The zero-order chi connectivity index (χ0) is 15.5. The lowest BCUT2D eigenvalue weighted by atomic mass is 10.2. The maximum Gasteiger partial charge on any atom is 0.243 e. The molecule has 0 aliphatic carbocycles. The van der Waals surface area contributed by atoms with Gasteiger partial charge in [-0.2, -0.15) is 0 Å². The Hall–Kier alpha value is -1.83. The maximum atomic E-state index is 13.6. The average molecular weight is 313 g/mol. The van der Waals surface area contributed by atoms with Crippen LogP contribution in [0.3, 0.4) is 0 Å². The number of sulfonamides is 1. The van der Waals surface area contributed by atoms with E-state index in [1.807, 2.05) is 0 Å². The van der Waals surface area contributed by atoms with Crippen molar-refractivity contribution in [2.45, 2.75) is 18.0 Å². The Balaban J connectivity index is 2.22. The first kappa shape index (κ1) is 15.6. The standard InChI is InChI=1S/C14H13F2NO3S/c15-12-3-1-2-10(6-12)8-17-21(19,20)14-7-11(9-18)4-5-13(14)16/h1-7,17-18H,8-9H2. The lowest BCUT2D eigenvalue weighted by molar-refractivity contribution is 0.281. The lowest BCUT2D eigenvalue weighted by Gasteiger charge is -2.09. The molecule has 0 amide bonds. The number of nitrogens with one attached hydrogen (secondary N) is 1. The predicted molar refractivity (Wildman–Crippen MR) is 72.7 cm³/mol. The molecule has 0 saturated carbocycles. The van der Waals surface area contributed by atoms with Gasteiger partial charge in [0.25, 0.3) is 0 Å². The molecule has 0 aliphatic rings. The molecule has 0 fully saturated rings. The van der Waals surface area contributed by atoms with E-state index in [2.05, 4.69) is 4.72 Å². The third kappa shape index (κ3) is 3.84. The van der Waals surface area contributed by atoms with Crippen LogP contribution in [0.5, 0.6) is 0 Å². The highest BCUT2D eigenvalue weighted by Gasteiger charge is 2.19. The van der Waals surface area contributed by atoms with Crippen molar-refractivity contribution in [3.8, 4) is 0 Å². The molecule has 21 heavy (non-hydrogen) atoms. The van der Waals surface area contributed by atoms with Crippen molar-refractivity contribution in [1.82, 2.24) is 4.72 Å². The summed E-state index contributed by atoms with van der Waals surface area (Å²) in [6.45, 7) is -0.560. The van der Waals surface area contributed by atoms with Crippen molar-refractivity contribution in [1.29, 1.82) is 0 Å². The van der Waals surface area contributed by atoms with Gasteiger partial charge in [-0.15, -0.1) is 0 Å². The molecule has 0 radical (unpaired) electrons. The summed E-state index contributed by atoms with van der Waals surface area (Å²) in [5, 5.41) is 8.98. The molecule has 0 aromatic heterocycles. The molecule has 112 valence electrons. The first-order valence-electron chi connectivity index (χ1n) is 6.06. The Morgan fingerprint density at radius 2 is 1.81 bits per heavy atom. The molecule has 7 heteroatoms. The fourth-order valence-corrected chi connectivity index (χ4v) is 2.90. The quantitative estimate of drug-likeness (QED) is 0.886. The molecule has 0 spiro atoms. The second kappa shape index (κ2) is 6.30. The third-order valence-corrected chi connectivity index (χ3v) is 4.24. The maximum absolute atomic E-state index is 13.6. The summed E-state index contributed by atoms with van der Waals surface area (Å²) in [4.78, 5) is -0.551. The van der Waals surface area contributed by atoms with Crippen LogP contribution in [0.25, 0.3) is 0 Å². The lowest BCUT2D eigenvalue weighted by Crippen LogP contribution is -2.24. The molecular formula is C14H13F2NO3S. The smallest absolute Gasteiger partial charge is 0.243 e. The Bertz CT molecular complexity index is 748. The molecule has 0 atom stereocenters. The summed E-state index contributed by atoms with van der Waals surface area (Å²) in [5.74, 6) is -1.40. The largest absolute Gasteiger partial charge is 0.392 e. The zero-order valence-electron chi connectivity index (χ0n) is 10.9. The van der Waals surface area contributed by atoms with E-state index < -0.39 is 33.2 Å². The van der Waals surface area contributed by atoms with Gasteiger partial charge in [0.2, 0.25) is 10.0 Å². The molecule has 2 aromatic carbocycles. The monoisotopic (exact) mass is 313 g/mol. The number of hydrogen-bond donors (Lipinski definition) is 2. The van der Waals surface area contributed by atoms with E-state index in [0.29, 0.717) is 5.56 Å². The summed E-state index contributed by atoms with van der Waals surface area (Å²) < 4.78 is 52.9. The SMILES string of the molecule is O=S(=O)(NCc1cccc(F)c1)c1cc(CO)ccc1F. The van der Waals surface area contributed by atoms with Crippen LogP contribution in [0.1, 0.15) is 11.1 Å². The minimum Gasteiger partial charge on any atom is -0.392 e. The van der Waals surface area contributed by atoms with E-state index in [4.69, 9.17) is 5.11 Å². The fourth-order valence-electron chi connectivity index (χ4n) is 1.76. The van der Waals surface area contributed by atoms with Crippen LogP contribution in [0.15, 0.2) is 47.4 Å². The number of benzene rings is 2. The zero-order valence-corrected chi connectivity index (χ0v) is 11.7. The van der Waals surface area contributed by atoms with Crippen LogP contribution in [-0.2, 0) is 23.2 Å². The number of aliphatic hydroxyl groups is 1. The van der Waals surface area contributed by atoms with Crippen LogP contribution in [0, 0.1) is 11.6 Å². The molecular weight excluding hydrogens is 300 g/mol. The normalized spacial score (nSPS) is 11.6. The van der Waals surface area contributed by atoms with Gasteiger partial charge < -0.3 is 5.11 Å². The van der Waals surface area contributed by atoms with E-state index in [9.17, 15) is 17.2 Å². The van der Waals surface area contributed by atoms with Crippen molar-refractivity contribution >= 4 is 10.0 Å². The first-order valence-corrected chi connectivity index (χ1v) is 7.54. The van der Waals surface area contributed by atoms with Crippen LogP contribution in [0.2, 0.25) is 0 Å². The Kier molecular flexibility index (Phi) is 4.66. The highest BCUT2D eigenvalue weighted by molar-refractivity contribution is 7.89. The molecule has 0 unspecified atom stereocenters. The van der Waals surface area contributed by atoms with E-state index in [-0.39, 0.29) is 12.1 Å². The second-order valence-corrected chi connectivity index (χ2v) is 6.11. The fraction of sp³-hybridized carbons (Fsp3) is 0.143. The molecule has 2 aromatic rings. The number of rotatable bonds is 5. The van der Waals surface area contributed by atoms with Gasteiger partial charge in [0.1, 0.15) is 16.5 Å². The van der Waals surface area contributed by atoms with Crippen molar-refractivity contribution in [3.05, 3.63) is 65.2 Å². The van der Waals surface area contributed by atoms with Gasteiger partial charge in [-0.3, -0.25) is 0 Å². The van der Waals surface area contributed by atoms with Gasteiger partial charge >= 0.3 is 0 Å². The van der Waals surface area contributed by atoms with Crippen molar-refractivity contribution < 1.29 is 22.3 Å². The van der Waals surface area contributed by atoms with Crippen LogP contribution < -0.4 is 4.72 Å². The number of halogens is 2. The highest BCUT2D eigenvalue weighted by Crippen LogP contribution is 2.17. The summed E-state index contributed by atoms with van der Waals surface area (Å²) in [6, 6.07) is 8.75. The molecule has 0 saturated heterocycles. The minimum atomic E-state index is -4.09. The average Bonchev–Trinajstić information content (AvgIpc) is 2.46. The van der Waals surface area contributed by atoms with E-state index in [1.54, 1.807) is 6.07 Å². The van der Waals surface area contributed by atoms with Gasteiger partial charge in [-0.1, -0.05) is 18.2 Å². The number of aliphatic hydroxyl groups excluding tert-OH is 1. The van der Waals surface area contributed by atoms with Gasteiger partial charge in [0.15, 0.2) is 0 Å². The molecule has 4 nitrogen and oxygen atoms in total. The third-order valence-electron chi connectivity index (χ3n) is 2.82. The Labute approximate surface area is 121 Å². The molecule has 2 rings (SSSR count). The summed E-state index contributed by atoms with van der Waals surface area (Å²) in [6.07, 6.45) is 0. The molecule has 0 heterocycles. The van der Waals surface area contributed by atoms with Crippen LogP contribution >= 0.6 is 0 Å². The Morgan fingerprint density at radius 1 is 1.05 bits per heavy atom. The van der Waals surface area contributed by atoms with Crippen molar-refractivity contribution in [2.24, 2.45) is 0 Å². The minimum absolute atomic E-state index is 0.164. The summed E-state index contributed by atoms with van der Waals surface area (Å²) >= 11 is 0. The first-order chi connectivity index (χ1) is 9.92.